The lowest BCUT2D eigenvalue weighted by Gasteiger charge is -2.18. The molecule has 0 heterocycles. The Balaban J connectivity index is 2.86. The largest absolute Gasteiger partial charge is 0.390 e. The molecule has 8 heteroatoms. The van der Waals surface area contributed by atoms with Gasteiger partial charge < -0.3 is 10.2 Å². The van der Waals surface area contributed by atoms with Crippen molar-refractivity contribution < 1.29 is 19.9 Å². The van der Waals surface area contributed by atoms with Crippen molar-refractivity contribution in [1.29, 1.82) is 5.26 Å². The molecule has 1 aromatic rings. The average Bonchev–Trinajstić information content (AvgIpc) is 2.45. The Morgan fingerprint density at radius 3 is 2.71 bits per heavy atom. The maximum absolute atomic E-state index is 10.8. The molecule has 0 bridgehead atoms. The van der Waals surface area contributed by atoms with Gasteiger partial charge in [-0.15, -0.1) is 0 Å². The molecular weight excluding hydrogens is 296 g/mol. The number of thioether (sulfide) groups is 1. The second-order valence-electron chi connectivity index (χ2n) is 4.28. The van der Waals surface area contributed by atoms with Gasteiger partial charge in [-0.1, -0.05) is 11.8 Å². The fraction of sp³-hybridized carbons (Fsp3) is 0.385. The Kier molecular flexibility index (Phi) is 6.30. The molecule has 1 rings (SSSR count). The van der Waals surface area contributed by atoms with Gasteiger partial charge in [0.2, 0.25) is 0 Å². The molecule has 7 nitrogen and oxygen atoms in total. The summed E-state index contributed by atoms with van der Waals surface area (Å²) in [6.07, 6.45) is -2.34. The second-order valence-corrected chi connectivity index (χ2v) is 5.55. The zero-order valence-corrected chi connectivity index (χ0v) is 12.0. The lowest BCUT2D eigenvalue weighted by molar-refractivity contribution is -0.384. The quantitative estimate of drug-likeness (QED) is 0.603. The van der Waals surface area contributed by atoms with Crippen LogP contribution in [0, 0.1) is 21.4 Å². The standard InChI is InChI=1S/C13H14N2O5S/c1-8(16)21-5-4-12(17)13(18)11-3-2-10(15(19)20)6-9(11)7-14/h2-3,6,12-13,17-18H,4-5H2,1H3. The number of nitro benzene ring substituents is 1. The molecule has 2 atom stereocenters. The molecule has 0 fully saturated rings. The smallest absolute Gasteiger partial charge is 0.270 e. The van der Waals surface area contributed by atoms with Crippen LogP contribution in [-0.2, 0) is 4.79 Å². The van der Waals surface area contributed by atoms with Crippen molar-refractivity contribution >= 4 is 22.6 Å². The van der Waals surface area contributed by atoms with Crippen molar-refractivity contribution in [1.82, 2.24) is 0 Å². The summed E-state index contributed by atoms with van der Waals surface area (Å²) in [5.41, 5.74) is -0.192. The van der Waals surface area contributed by atoms with Gasteiger partial charge in [-0.2, -0.15) is 5.26 Å². The molecule has 0 saturated heterocycles. The van der Waals surface area contributed by atoms with E-state index in [1.54, 1.807) is 6.07 Å². The summed E-state index contributed by atoms with van der Waals surface area (Å²) in [6, 6.07) is 5.23. The summed E-state index contributed by atoms with van der Waals surface area (Å²) in [5, 5.41) is 39.4. The first kappa shape index (κ1) is 17.1. The van der Waals surface area contributed by atoms with Gasteiger partial charge in [0.15, 0.2) is 5.12 Å². The van der Waals surface area contributed by atoms with Gasteiger partial charge in [0.05, 0.1) is 22.7 Å². The molecule has 2 unspecified atom stereocenters. The number of non-ortho nitro benzene ring substituents is 1. The number of carbonyl (C=O) groups excluding carboxylic acids is 1. The SMILES string of the molecule is CC(=O)SCCC(O)C(O)c1ccc([N+](=O)[O-])cc1C#N. The van der Waals surface area contributed by atoms with Crippen LogP contribution in [0.25, 0.3) is 0 Å². The van der Waals surface area contributed by atoms with Crippen LogP contribution < -0.4 is 0 Å². The normalized spacial score (nSPS) is 13.2. The molecule has 0 aliphatic heterocycles. The summed E-state index contributed by atoms with van der Waals surface area (Å²) in [7, 11) is 0. The number of aliphatic hydroxyl groups is 2. The van der Waals surface area contributed by atoms with E-state index in [1.165, 1.54) is 13.0 Å². The molecule has 112 valence electrons. The van der Waals surface area contributed by atoms with E-state index in [2.05, 4.69) is 0 Å². The van der Waals surface area contributed by atoms with Crippen LogP contribution in [0.1, 0.15) is 30.6 Å². The lowest BCUT2D eigenvalue weighted by atomic mass is 9.97. The molecule has 0 spiro atoms. The Morgan fingerprint density at radius 2 is 2.19 bits per heavy atom. The van der Waals surface area contributed by atoms with E-state index in [4.69, 9.17) is 5.26 Å². The number of nitrogens with zero attached hydrogens (tertiary/aromatic N) is 2. The van der Waals surface area contributed by atoms with Crippen LogP contribution in [-0.4, -0.2) is 32.1 Å². The van der Waals surface area contributed by atoms with Gasteiger partial charge in [-0.3, -0.25) is 14.9 Å². The molecule has 0 aliphatic carbocycles. The van der Waals surface area contributed by atoms with Crippen LogP contribution in [0.3, 0.4) is 0 Å². The third-order valence-electron chi connectivity index (χ3n) is 2.77. The van der Waals surface area contributed by atoms with Gasteiger partial charge in [0.25, 0.3) is 5.69 Å². The minimum atomic E-state index is -1.34. The molecule has 1 aromatic carbocycles. The van der Waals surface area contributed by atoms with Gasteiger partial charge in [0.1, 0.15) is 6.10 Å². The van der Waals surface area contributed by atoms with Crippen molar-refractivity contribution in [3.63, 3.8) is 0 Å². The van der Waals surface area contributed by atoms with Gasteiger partial charge >= 0.3 is 0 Å². The Bertz CT molecular complexity index is 584. The summed E-state index contributed by atoms with van der Waals surface area (Å²) < 4.78 is 0. The van der Waals surface area contributed by atoms with Crippen LogP contribution in [0.4, 0.5) is 5.69 Å². The maximum atomic E-state index is 10.8. The third-order valence-corrected chi connectivity index (χ3v) is 3.62. The fourth-order valence-electron chi connectivity index (χ4n) is 1.70. The van der Waals surface area contributed by atoms with Gasteiger partial charge in [-0.25, -0.2) is 0 Å². The topological polar surface area (TPSA) is 124 Å². The number of nitriles is 1. The molecule has 0 radical (unpaired) electrons. The van der Waals surface area contributed by atoms with E-state index in [0.29, 0.717) is 5.75 Å². The summed E-state index contributed by atoms with van der Waals surface area (Å²) in [5.74, 6) is 0.336. The van der Waals surface area contributed by atoms with Crippen LogP contribution >= 0.6 is 11.8 Å². The predicted octanol–water partition coefficient (Wildman–Crippen LogP) is 1.53. The number of nitro groups is 1. The minimum Gasteiger partial charge on any atom is -0.390 e. The summed E-state index contributed by atoms with van der Waals surface area (Å²) in [6.45, 7) is 1.40. The Labute approximate surface area is 125 Å². The van der Waals surface area contributed by atoms with Crippen LogP contribution in [0.5, 0.6) is 0 Å². The van der Waals surface area contributed by atoms with Crippen molar-refractivity contribution in [3.05, 3.63) is 39.4 Å². The number of hydrogen-bond donors (Lipinski definition) is 2. The molecule has 2 N–H and O–H groups in total. The second kappa shape index (κ2) is 7.73. The van der Waals surface area contributed by atoms with E-state index in [-0.39, 0.29) is 28.4 Å². The highest BCUT2D eigenvalue weighted by atomic mass is 32.2. The zero-order chi connectivity index (χ0) is 16.0. The monoisotopic (exact) mass is 310 g/mol. The van der Waals surface area contributed by atoms with E-state index in [0.717, 1.165) is 23.9 Å². The minimum absolute atomic E-state index is 0.0602. The highest BCUT2D eigenvalue weighted by Gasteiger charge is 2.23. The van der Waals surface area contributed by atoms with Crippen molar-refractivity contribution in [2.24, 2.45) is 0 Å². The van der Waals surface area contributed by atoms with E-state index < -0.39 is 17.1 Å². The molecule has 0 aliphatic rings. The zero-order valence-electron chi connectivity index (χ0n) is 11.2. The van der Waals surface area contributed by atoms with Crippen molar-refractivity contribution in [2.45, 2.75) is 25.6 Å². The number of aliphatic hydroxyl groups excluding tert-OH is 2. The number of rotatable bonds is 6. The van der Waals surface area contributed by atoms with Gasteiger partial charge in [-0.05, 0) is 12.5 Å². The van der Waals surface area contributed by atoms with Crippen molar-refractivity contribution in [2.75, 3.05) is 5.75 Å². The van der Waals surface area contributed by atoms with Crippen molar-refractivity contribution in [3.8, 4) is 6.07 Å². The fourth-order valence-corrected chi connectivity index (χ4v) is 2.35. The van der Waals surface area contributed by atoms with Crippen LogP contribution in [0.2, 0.25) is 0 Å². The number of benzene rings is 1. The molecule has 0 saturated carbocycles. The first-order chi connectivity index (χ1) is 9.86. The summed E-state index contributed by atoms with van der Waals surface area (Å²) >= 11 is 1.02. The predicted molar refractivity (Wildman–Crippen MR) is 76.5 cm³/mol. The summed E-state index contributed by atoms with van der Waals surface area (Å²) in [4.78, 5) is 20.8. The van der Waals surface area contributed by atoms with E-state index >= 15 is 0 Å². The van der Waals surface area contributed by atoms with Gasteiger partial charge in [0, 0.05) is 30.4 Å². The highest BCUT2D eigenvalue weighted by Crippen LogP contribution is 2.26. The highest BCUT2D eigenvalue weighted by molar-refractivity contribution is 8.13. The molecule has 0 amide bonds. The molecule has 0 aromatic heterocycles. The van der Waals surface area contributed by atoms with Crippen LogP contribution in [0.15, 0.2) is 18.2 Å². The molecule has 21 heavy (non-hydrogen) atoms. The Morgan fingerprint density at radius 1 is 1.52 bits per heavy atom. The van der Waals surface area contributed by atoms with E-state index in [9.17, 15) is 25.1 Å². The third kappa shape index (κ3) is 4.82. The lowest BCUT2D eigenvalue weighted by Crippen LogP contribution is -2.20. The number of hydrogen-bond acceptors (Lipinski definition) is 7. The van der Waals surface area contributed by atoms with E-state index in [1.807, 2.05) is 0 Å². The number of carbonyl (C=O) groups is 1. The first-order valence-electron chi connectivity index (χ1n) is 6.04. The average molecular weight is 310 g/mol. The maximum Gasteiger partial charge on any atom is 0.270 e. The molecular formula is C13H14N2O5S. The Hall–Kier alpha value is -1.95. The first-order valence-corrected chi connectivity index (χ1v) is 7.03.